The second-order valence-electron chi connectivity index (χ2n) is 3.68. The van der Waals surface area contributed by atoms with E-state index in [9.17, 15) is 9.59 Å². The van der Waals surface area contributed by atoms with Crippen LogP contribution < -0.4 is 0 Å². The molecule has 1 aromatic rings. The fourth-order valence-electron chi connectivity index (χ4n) is 1.60. The van der Waals surface area contributed by atoms with Gasteiger partial charge < -0.3 is 9.47 Å². The average Bonchev–Trinajstić information content (AvgIpc) is 2.67. The molecular formula is C12H17IN2O4. The van der Waals surface area contributed by atoms with E-state index >= 15 is 0 Å². The molecule has 0 aliphatic heterocycles. The molecule has 106 valence electrons. The average molecular weight is 380 g/mol. The van der Waals surface area contributed by atoms with Gasteiger partial charge >= 0.3 is 11.9 Å². The molecule has 0 fully saturated rings. The van der Waals surface area contributed by atoms with E-state index < -0.39 is 11.9 Å². The molecule has 0 saturated heterocycles. The lowest BCUT2D eigenvalue weighted by molar-refractivity contribution is 0.0469. The Morgan fingerprint density at radius 1 is 1.16 bits per heavy atom. The summed E-state index contributed by atoms with van der Waals surface area (Å²) >= 11 is 1.92. The molecule has 0 saturated carbocycles. The summed E-state index contributed by atoms with van der Waals surface area (Å²) in [6, 6.07) is 0. The van der Waals surface area contributed by atoms with Crippen molar-refractivity contribution in [2.45, 2.75) is 33.7 Å². The van der Waals surface area contributed by atoms with Crippen molar-refractivity contribution in [2.75, 3.05) is 13.2 Å². The predicted molar refractivity (Wildman–Crippen MR) is 77.1 cm³/mol. The van der Waals surface area contributed by atoms with Crippen LogP contribution in [0.1, 0.15) is 48.0 Å². The number of esters is 2. The highest BCUT2D eigenvalue weighted by Crippen LogP contribution is 2.19. The molecule has 0 amide bonds. The molecule has 0 aliphatic rings. The van der Waals surface area contributed by atoms with Crippen molar-refractivity contribution < 1.29 is 19.1 Å². The summed E-state index contributed by atoms with van der Waals surface area (Å²) in [7, 11) is 0. The van der Waals surface area contributed by atoms with Crippen LogP contribution in [0, 0.1) is 3.70 Å². The molecule has 0 bridgehead atoms. The van der Waals surface area contributed by atoms with Crippen molar-refractivity contribution >= 4 is 34.5 Å². The summed E-state index contributed by atoms with van der Waals surface area (Å²) in [5.74, 6) is -1.09. The van der Waals surface area contributed by atoms with Crippen LogP contribution in [0.4, 0.5) is 0 Å². The van der Waals surface area contributed by atoms with Crippen LogP contribution in [0.5, 0.6) is 0 Å². The second kappa shape index (κ2) is 7.46. The van der Waals surface area contributed by atoms with Crippen molar-refractivity contribution in [1.29, 1.82) is 0 Å². The monoisotopic (exact) mass is 380 g/mol. The van der Waals surface area contributed by atoms with Gasteiger partial charge in [-0.2, -0.15) is 5.10 Å². The summed E-state index contributed by atoms with van der Waals surface area (Å²) in [5.41, 5.74) is 0.362. The van der Waals surface area contributed by atoms with Gasteiger partial charge in [0.2, 0.25) is 0 Å². The Kier molecular flexibility index (Phi) is 6.26. The van der Waals surface area contributed by atoms with E-state index in [4.69, 9.17) is 9.47 Å². The summed E-state index contributed by atoms with van der Waals surface area (Å²) in [6.07, 6.45) is 0.798. The van der Waals surface area contributed by atoms with Crippen LogP contribution in [0.2, 0.25) is 0 Å². The number of rotatable bonds is 6. The van der Waals surface area contributed by atoms with E-state index in [0.717, 1.165) is 6.42 Å². The first kappa shape index (κ1) is 15.9. The van der Waals surface area contributed by atoms with Crippen LogP contribution in [-0.2, 0) is 16.0 Å². The van der Waals surface area contributed by atoms with Gasteiger partial charge in [-0.15, -0.1) is 0 Å². The molecule has 6 nitrogen and oxygen atoms in total. The van der Waals surface area contributed by atoms with Gasteiger partial charge in [-0.1, -0.05) is 6.92 Å². The maximum atomic E-state index is 12.0. The predicted octanol–water partition coefficient (Wildman–Crippen LogP) is 2.25. The third-order valence-electron chi connectivity index (χ3n) is 2.29. The summed E-state index contributed by atoms with van der Waals surface area (Å²) < 4.78 is 11.9. The maximum Gasteiger partial charge on any atom is 0.357 e. The SMILES string of the molecule is CCCn1nc(I)c(C(=O)OCC)c1C(=O)OCC. The Labute approximate surface area is 125 Å². The summed E-state index contributed by atoms with van der Waals surface area (Å²) in [5, 5.41) is 4.21. The number of carbonyl (C=O) groups is 2. The van der Waals surface area contributed by atoms with Crippen LogP contribution in [-0.4, -0.2) is 34.9 Å². The van der Waals surface area contributed by atoms with E-state index in [-0.39, 0.29) is 24.5 Å². The molecule has 19 heavy (non-hydrogen) atoms. The van der Waals surface area contributed by atoms with Crippen molar-refractivity contribution in [2.24, 2.45) is 0 Å². The van der Waals surface area contributed by atoms with E-state index in [0.29, 0.717) is 10.2 Å². The first-order chi connectivity index (χ1) is 9.06. The lowest BCUT2D eigenvalue weighted by atomic mass is 10.2. The number of ether oxygens (including phenoxy) is 2. The maximum absolute atomic E-state index is 12.0. The minimum atomic E-state index is -0.547. The van der Waals surface area contributed by atoms with Crippen LogP contribution in [0.3, 0.4) is 0 Å². The van der Waals surface area contributed by atoms with E-state index in [1.807, 2.05) is 29.5 Å². The molecule has 1 aromatic heterocycles. The van der Waals surface area contributed by atoms with Gasteiger partial charge in [0.1, 0.15) is 9.26 Å². The third-order valence-corrected chi connectivity index (χ3v) is 3.05. The molecular weight excluding hydrogens is 363 g/mol. The van der Waals surface area contributed by atoms with Gasteiger partial charge in [0, 0.05) is 6.54 Å². The van der Waals surface area contributed by atoms with E-state index in [1.165, 1.54) is 4.68 Å². The van der Waals surface area contributed by atoms with Gasteiger partial charge in [-0.3, -0.25) is 4.68 Å². The van der Waals surface area contributed by atoms with Gasteiger partial charge in [0.25, 0.3) is 0 Å². The number of hydrogen-bond acceptors (Lipinski definition) is 5. The Morgan fingerprint density at radius 2 is 1.74 bits per heavy atom. The molecule has 0 aromatic carbocycles. The minimum Gasteiger partial charge on any atom is -0.462 e. The van der Waals surface area contributed by atoms with Crippen LogP contribution in [0.25, 0.3) is 0 Å². The number of halogens is 1. The molecule has 7 heteroatoms. The zero-order chi connectivity index (χ0) is 14.4. The minimum absolute atomic E-state index is 0.173. The molecule has 0 N–H and O–H groups in total. The number of aromatic nitrogens is 2. The summed E-state index contributed by atoms with van der Waals surface area (Å²) in [4.78, 5) is 23.9. The Hall–Kier alpha value is -1.12. The smallest absolute Gasteiger partial charge is 0.357 e. The van der Waals surface area contributed by atoms with Gasteiger partial charge in [-0.05, 0) is 42.9 Å². The molecule has 0 radical (unpaired) electrons. The normalized spacial score (nSPS) is 10.3. The third kappa shape index (κ3) is 3.68. The Bertz CT molecular complexity index is 471. The molecule has 0 spiro atoms. The fraction of sp³-hybridized carbons (Fsp3) is 0.583. The fourth-order valence-corrected chi connectivity index (χ4v) is 2.33. The highest BCUT2D eigenvalue weighted by atomic mass is 127. The highest BCUT2D eigenvalue weighted by molar-refractivity contribution is 14.1. The van der Waals surface area contributed by atoms with E-state index in [2.05, 4.69) is 5.10 Å². The van der Waals surface area contributed by atoms with Gasteiger partial charge in [-0.25, -0.2) is 9.59 Å². The number of aryl methyl sites for hydroxylation is 1. The molecule has 1 heterocycles. The Balaban J connectivity index is 3.27. The number of hydrogen-bond donors (Lipinski definition) is 0. The van der Waals surface area contributed by atoms with Crippen LogP contribution in [0.15, 0.2) is 0 Å². The first-order valence-electron chi connectivity index (χ1n) is 6.17. The lowest BCUT2D eigenvalue weighted by Gasteiger charge is -2.07. The standard InChI is InChI=1S/C12H17IN2O4/c1-4-7-15-9(12(17)19-6-3)8(10(13)14-15)11(16)18-5-2/h4-7H2,1-3H3. The zero-order valence-corrected chi connectivity index (χ0v) is 13.4. The van der Waals surface area contributed by atoms with E-state index in [1.54, 1.807) is 13.8 Å². The largest absolute Gasteiger partial charge is 0.462 e. The number of carbonyl (C=O) groups excluding carboxylic acids is 2. The zero-order valence-electron chi connectivity index (χ0n) is 11.2. The molecule has 0 aliphatic carbocycles. The van der Waals surface area contributed by atoms with Crippen molar-refractivity contribution in [3.05, 3.63) is 15.0 Å². The molecule has 1 rings (SSSR count). The lowest BCUT2D eigenvalue weighted by Crippen LogP contribution is -2.18. The van der Waals surface area contributed by atoms with Crippen molar-refractivity contribution in [3.63, 3.8) is 0 Å². The molecule has 0 atom stereocenters. The van der Waals surface area contributed by atoms with Gasteiger partial charge in [0.15, 0.2) is 5.69 Å². The van der Waals surface area contributed by atoms with Crippen LogP contribution >= 0.6 is 22.6 Å². The summed E-state index contributed by atoms with van der Waals surface area (Å²) in [6.45, 7) is 6.43. The van der Waals surface area contributed by atoms with Crippen molar-refractivity contribution in [1.82, 2.24) is 9.78 Å². The first-order valence-corrected chi connectivity index (χ1v) is 7.25. The molecule has 0 unspecified atom stereocenters. The quantitative estimate of drug-likeness (QED) is 0.559. The van der Waals surface area contributed by atoms with Gasteiger partial charge in [0.05, 0.1) is 13.2 Å². The number of nitrogens with zero attached hydrogens (tertiary/aromatic N) is 2. The highest BCUT2D eigenvalue weighted by Gasteiger charge is 2.29. The topological polar surface area (TPSA) is 70.4 Å². The van der Waals surface area contributed by atoms with Crippen molar-refractivity contribution in [3.8, 4) is 0 Å². The second-order valence-corrected chi connectivity index (χ2v) is 4.70. The Morgan fingerprint density at radius 3 is 2.26 bits per heavy atom.